The van der Waals surface area contributed by atoms with Crippen LogP contribution in [0, 0.1) is 5.92 Å². The Balaban J connectivity index is 1.88. The van der Waals surface area contributed by atoms with Crippen LogP contribution in [0.15, 0.2) is 36.4 Å². The summed E-state index contributed by atoms with van der Waals surface area (Å²) < 4.78 is 5.02. The fourth-order valence-electron chi connectivity index (χ4n) is 2.89. The Morgan fingerprint density at radius 2 is 1.90 bits per heavy atom. The molecule has 1 N–H and O–H groups in total. The van der Waals surface area contributed by atoms with Crippen LogP contribution in [-0.4, -0.2) is 24.8 Å². The van der Waals surface area contributed by atoms with Gasteiger partial charge in [-0.2, -0.15) is 0 Å². The van der Waals surface area contributed by atoms with Crippen molar-refractivity contribution in [1.82, 2.24) is 0 Å². The summed E-state index contributed by atoms with van der Waals surface area (Å²) in [6.45, 7) is 0.691. The third-order valence-electron chi connectivity index (χ3n) is 4.07. The number of rotatable bonds is 5. The SMILES string of the molecule is COCC=CC1CCC(c2ccc(C(=O)O)cc2)CC1. The highest BCUT2D eigenvalue weighted by Crippen LogP contribution is 2.36. The standard InChI is InChI=1S/C17H22O3/c1-20-12-2-3-13-4-6-14(7-5-13)15-8-10-16(11-9-15)17(18)19/h2-3,8-11,13-14H,4-7,12H2,1H3,(H,18,19). The third-order valence-corrected chi connectivity index (χ3v) is 4.07. The predicted octanol–water partition coefficient (Wildman–Crippen LogP) is 3.86. The summed E-state index contributed by atoms with van der Waals surface area (Å²) in [4.78, 5) is 10.8. The van der Waals surface area contributed by atoms with E-state index in [0.29, 0.717) is 24.0 Å². The Bertz CT molecular complexity index is 454. The zero-order chi connectivity index (χ0) is 14.4. The molecule has 0 aromatic heterocycles. The van der Waals surface area contributed by atoms with Crippen molar-refractivity contribution in [2.24, 2.45) is 5.92 Å². The average molecular weight is 274 g/mol. The first kappa shape index (κ1) is 14.8. The molecular weight excluding hydrogens is 252 g/mol. The van der Waals surface area contributed by atoms with Gasteiger partial charge >= 0.3 is 5.97 Å². The molecule has 0 heterocycles. The number of hydrogen-bond donors (Lipinski definition) is 1. The Labute approximate surface area is 120 Å². The highest BCUT2D eigenvalue weighted by atomic mass is 16.5. The first-order valence-corrected chi connectivity index (χ1v) is 7.19. The fraction of sp³-hybridized carbons (Fsp3) is 0.471. The highest BCUT2D eigenvalue weighted by molar-refractivity contribution is 5.87. The molecule has 20 heavy (non-hydrogen) atoms. The predicted molar refractivity (Wildman–Crippen MR) is 79.1 cm³/mol. The second-order valence-corrected chi connectivity index (χ2v) is 5.42. The summed E-state index contributed by atoms with van der Waals surface area (Å²) in [6, 6.07) is 7.36. The number of methoxy groups -OCH3 is 1. The summed E-state index contributed by atoms with van der Waals surface area (Å²) in [5, 5.41) is 8.91. The van der Waals surface area contributed by atoms with Crippen molar-refractivity contribution in [3.8, 4) is 0 Å². The number of carboxylic acids is 1. The number of carbonyl (C=O) groups is 1. The molecular formula is C17H22O3. The van der Waals surface area contributed by atoms with E-state index in [-0.39, 0.29) is 0 Å². The molecule has 0 unspecified atom stereocenters. The van der Waals surface area contributed by atoms with E-state index in [2.05, 4.69) is 12.2 Å². The van der Waals surface area contributed by atoms with Gasteiger partial charge in [-0.25, -0.2) is 4.79 Å². The molecule has 2 rings (SSSR count). The van der Waals surface area contributed by atoms with Gasteiger partial charge in [0, 0.05) is 7.11 Å². The van der Waals surface area contributed by atoms with Crippen molar-refractivity contribution in [2.75, 3.05) is 13.7 Å². The van der Waals surface area contributed by atoms with Crippen molar-refractivity contribution in [1.29, 1.82) is 0 Å². The van der Waals surface area contributed by atoms with Crippen LogP contribution in [0.5, 0.6) is 0 Å². The topological polar surface area (TPSA) is 46.5 Å². The molecule has 0 radical (unpaired) electrons. The maximum absolute atomic E-state index is 10.8. The molecule has 1 aliphatic carbocycles. The summed E-state index contributed by atoms with van der Waals surface area (Å²) in [5.74, 6) is 0.383. The van der Waals surface area contributed by atoms with Gasteiger partial charge in [-0.3, -0.25) is 0 Å². The minimum Gasteiger partial charge on any atom is -0.478 e. The molecule has 0 spiro atoms. The summed E-state index contributed by atoms with van der Waals surface area (Å²) in [7, 11) is 1.71. The Kier molecular flexibility index (Phi) is 5.36. The summed E-state index contributed by atoms with van der Waals surface area (Å²) in [6.07, 6.45) is 9.12. The summed E-state index contributed by atoms with van der Waals surface area (Å²) in [5.41, 5.74) is 1.64. The van der Waals surface area contributed by atoms with Crippen molar-refractivity contribution in [2.45, 2.75) is 31.6 Å². The van der Waals surface area contributed by atoms with Gasteiger partial charge in [0.15, 0.2) is 0 Å². The molecule has 1 saturated carbocycles. The van der Waals surface area contributed by atoms with Gasteiger partial charge in [0.1, 0.15) is 0 Å². The monoisotopic (exact) mass is 274 g/mol. The van der Waals surface area contributed by atoms with Gasteiger partial charge in [-0.1, -0.05) is 24.3 Å². The average Bonchev–Trinajstić information content (AvgIpc) is 2.48. The number of aromatic carboxylic acids is 1. The van der Waals surface area contributed by atoms with Gasteiger partial charge < -0.3 is 9.84 Å². The van der Waals surface area contributed by atoms with Crippen LogP contribution in [0.1, 0.15) is 47.5 Å². The lowest BCUT2D eigenvalue weighted by Crippen LogP contribution is -2.12. The van der Waals surface area contributed by atoms with Gasteiger partial charge in [0.2, 0.25) is 0 Å². The van der Waals surface area contributed by atoms with Crippen LogP contribution in [-0.2, 0) is 4.74 Å². The summed E-state index contributed by atoms with van der Waals surface area (Å²) >= 11 is 0. The molecule has 0 bridgehead atoms. The van der Waals surface area contributed by atoms with Crippen molar-refractivity contribution >= 4 is 5.97 Å². The van der Waals surface area contributed by atoms with Crippen LogP contribution in [0.3, 0.4) is 0 Å². The van der Waals surface area contributed by atoms with E-state index in [1.54, 1.807) is 19.2 Å². The number of carboxylic acid groups (broad SMARTS) is 1. The van der Waals surface area contributed by atoms with Crippen LogP contribution in [0.2, 0.25) is 0 Å². The van der Waals surface area contributed by atoms with E-state index < -0.39 is 5.97 Å². The zero-order valence-corrected chi connectivity index (χ0v) is 11.9. The van der Waals surface area contributed by atoms with E-state index in [0.717, 1.165) is 0 Å². The van der Waals surface area contributed by atoms with Crippen LogP contribution < -0.4 is 0 Å². The largest absolute Gasteiger partial charge is 0.478 e. The Hall–Kier alpha value is -1.61. The van der Waals surface area contributed by atoms with E-state index in [1.165, 1.54) is 31.2 Å². The minimum atomic E-state index is -0.858. The Morgan fingerprint density at radius 3 is 2.45 bits per heavy atom. The number of ether oxygens (including phenoxy) is 1. The van der Waals surface area contributed by atoms with Crippen LogP contribution >= 0.6 is 0 Å². The number of allylic oxidation sites excluding steroid dienone is 1. The lowest BCUT2D eigenvalue weighted by atomic mass is 9.78. The molecule has 1 aliphatic rings. The Morgan fingerprint density at radius 1 is 1.25 bits per heavy atom. The molecule has 0 aliphatic heterocycles. The third kappa shape index (κ3) is 3.94. The lowest BCUT2D eigenvalue weighted by molar-refractivity contribution is 0.0697. The van der Waals surface area contributed by atoms with Crippen molar-refractivity contribution in [3.05, 3.63) is 47.5 Å². The smallest absolute Gasteiger partial charge is 0.335 e. The van der Waals surface area contributed by atoms with E-state index in [1.807, 2.05) is 12.1 Å². The van der Waals surface area contributed by atoms with Crippen LogP contribution in [0.25, 0.3) is 0 Å². The number of benzene rings is 1. The van der Waals surface area contributed by atoms with Gasteiger partial charge in [0.05, 0.1) is 12.2 Å². The van der Waals surface area contributed by atoms with Crippen LogP contribution in [0.4, 0.5) is 0 Å². The minimum absolute atomic E-state index is 0.366. The molecule has 0 amide bonds. The maximum atomic E-state index is 10.8. The molecule has 0 atom stereocenters. The quantitative estimate of drug-likeness (QED) is 0.829. The maximum Gasteiger partial charge on any atom is 0.335 e. The first-order chi connectivity index (χ1) is 9.70. The van der Waals surface area contributed by atoms with Gasteiger partial charge in [-0.15, -0.1) is 0 Å². The van der Waals surface area contributed by atoms with Gasteiger partial charge in [0.25, 0.3) is 0 Å². The van der Waals surface area contributed by atoms with E-state index in [4.69, 9.17) is 9.84 Å². The zero-order valence-electron chi connectivity index (χ0n) is 11.9. The lowest BCUT2D eigenvalue weighted by Gasteiger charge is -2.27. The van der Waals surface area contributed by atoms with Crippen molar-refractivity contribution < 1.29 is 14.6 Å². The molecule has 3 nitrogen and oxygen atoms in total. The molecule has 1 aromatic carbocycles. The molecule has 1 fully saturated rings. The second-order valence-electron chi connectivity index (χ2n) is 5.42. The fourth-order valence-corrected chi connectivity index (χ4v) is 2.89. The second kappa shape index (κ2) is 7.25. The van der Waals surface area contributed by atoms with E-state index >= 15 is 0 Å². The first-order valence-electron chi connectivity index (χ1n) is 7.19. The van der Waals surface area contributed by atoms with E-state index in [9.17, 15) is 4.79 Å². The molecule has 3 heteroatoms. The van der Waals surface area contributed by atoms with Gasteiger partial charge in [-0.05, 0) is 55.2 Å². The molecule has 1 aromatic rings. The number of hydrogen-bond acceptors (Lipinski definition) is 2. The normalized spacial score (nSPS) is 23.1. The molecule has 0 saturated heterocycles. The highest BCUT2D eigenvalue weighted by Gasteiger charge is 2.20. The van der Waals surface area contributed by atoms with Crippen molar-refractivity contribution in [3.63, 3.8) is 0 Å². The molecule has 108 valence electrons.